The van der Waals surface area contributed by atoms with Crippen LogP contribution in [0.2, 0.25) is 0 Å². The minimum absolute atomic E-state index is 0.0177. The van der Waals surface area contributed by atoms with Crippen LogP contribution in [0.15, 0.2) is 30.3 Å². The zero-order chi connectivity index (χ0) is 16.4. The first-order chi connectivity index (χ1) is 10.5. The highest BCUT2D eigenvalue weighted by Gasteiger charge is 2.37. The molecule has 0 saturated carbocycles. The van der Waals surface area contributed by atoms with Gasteiger partial charge in [-0.25, -0.2) is 4.39 Å². The predicted octanol–water partition coefficient (Wildman–Crippen LogP) is 3.95. The number of alkyl halides is 1. The molecule has 0 amide bonds. The van der Waals surface area contributed by atoms with E-state index in [0.717, 1.165) is 18.4 Å². The lowest BCUT2D eigenvalue weighted by Crippen LogP contribution is -2.46. The molecule has 124 valence electrons. The highest BCUT2D eigenvalue weighted by molar-refractivity contribution is 5.89. The molecule has 0 aromatic heterocycles. The fourth-order valence-corrected chi connectivity index (χ4v) is 2.47. The topological polar surface area (TPSA) is 35.5 Å². The Balaban J connectivity index is 2.63. The third kappa shape index (κ3) is 5.85. The number of carbonyl (C=O) groups excluding carboxylic acids is 1. The molecule has 4 heteroatoms. The summed E-state index contributed by atoms with van der Waals surface area (Å²) in [5, 5.41) is 0. The molecule has 0 aliphatic heterocycles. The van der Waals surface area contributed by atoms with E-state index in [9.17, 15) is 9.18 Å². The molecular formula is C18H27FO3. The van der Waals surface area contributed by atoms with E-state index in [1.807, 2.05) is 44.2 Å². The van der Waals surface area contributed by atoms with Crippen LogP contribution >= 0.6 is 0 Å². The summed E-state index contributed by atoms with van der Waals surface area (Å²) >= 11 is 0. The number of benzene rings is 1. The summed E-state index contributed by atoms with van der Waals surface area (Å²) < 4.78 is 23.6. The van der Waals surface area contributed by atoms with Crippen LogP contribution in [0.4, 0.5) is 4.39 Å². The van der Waals surface area contributed by atoms with E-state index in [-0.39, 0.29) is 24.9 Å². The van der Waals surface area contributed by atoms with Gasteiger partial charge in [0.25, 0.3) is 0 Å². The van der Waals surface area contributed by atoms with E-state index >= 15 is 0 Å². The summed E-state index contributed by atoms with van der Waals surface area (Å²) in [6.45, 7) is 5.47. The SMILES string of the molecule is CCCC(C)C(=O)C(C)(COCc1ccccc1)OCCF. The summed E-state index contributed by atoms with van der Waals surface area (Å²) in [4.78, 5) is 12.6. The number of ketones is 1. The summed E-state index contributed by atoms with van der Waals surface area (Å²) in [6.07, 6.45) is 1.73. The number of hydrogen-bond acceptors (Lipinski definition) is 3. The summed E-state index contributed by atoms with van der Waals surface area (Å²) in [7, 11) is 0. The van der Waals surface area contributed by atoms with E-state index in [0.29, 0.717) is 6.61 Å². The van der Waals surface area contributed by atoms with Gasteiger partial charge in [0.15, 0.2) is 5.78 Å². The molecule has 2 unspecified atom stereocenters. The van der Waals surface area contributed by atoms with E-state index in [1.165, 1.54) is 0 Å². The van der Waals surface area contributed by atoms with Crippen molar-refractivity contribution >= 4 is 5.78 Å². The first kappa shape index (κ1) is 18.8. The van der Waals surface area contributed by atoms with Crippen molar-refractivity contribution in [1.82, 2.24) is 0 Å². The van der Waals surface area contributed by atoms with Gasteiger partial charge >= 0.3 is 0 Å². The highest BCUT2D eigenvalue weighted by Crippen LogP contribution is 2.21. The van der Waals surface area contributed by atoms with Crippen molar-refractivity contribution in [3.8, 4) is 0 Å². The number of carbonyl (C=O) groups is 1. The van der Waals surface area contributed by atoms with Crippen molar-refractivity contribution in [2.45, 2.75) is 45.8 Å². The highest BCUT2D eigenvalue weighted by atomic mass is 19.1. The molecule has 2 atom stereocenters. The molecule has 0 aliphatic rings. The molecule has 0 bridgehead atoms. The summed E-state index contributed by atoms with van der Waals surface area (Å²) in [5.74, 6) is -0.134. The van der Waals surface area contributed by atoms with Gasteiger partial charge in [0, 0.05) is 5.92 Å². The molecule has 0 aliphatic carbocycles. The second-order valence-corrected chi connectivity index (χ2v) is 5.80. The van der Waals surface area contributed by atoms with Crippen LogP contribution in [0.1, 0.15) is 39.2 Å². The molecule has 0 radical (unpaired) electrons. The van der Waals surface area contributed by atoms with Gasteiger partial charge in [0.1, 0.15) is 12.3 Å². The largest absolute Gasteiger partial charge is 0.373 e. The van der Waals surface area contributed by atoms with Crippen molar-refractivity contribution in [3.05, 3.63) is 35.9 Å². The quantitative estimate of drug-likeness (QED) is 0.621. The van der Waals surface area contributed by atoms with Gasteiger partial charge in [0.2, 0.25) is 0 Å². The second-order valence-electron chi connectivity index (χ2n) is 5.80. The maximum atomic E-state index is 12.6. The third-order valence-corrected chi connectivity index (χ3v) is 3.68. The Morgan fingerprint density at radius 2 is 2.00 bits per heavy atom. The maximum absolute atomic E-state index is 12.6. The number of hydrogen-bond donors (Lipinski definition) is 0. The average Bonchev–Trinajstić information content (AvgIpc) is 2.53. The molecule has 0 saturated heterocycles. The van der Waals surface area contributed by atoms with Gasteiger partial charge in [-0.05, 0) is 18.9 Å². The van der Waals surface area contributed by atoms with Crippen molar-refractivity contribution in [2.75, 3.05) is 19.9 Å². The van der Waals surface area contributed by atoms with Gasteiger partial charge in [-0.3, -0.25) is 4.79 Å². The van der Waals surface area contributed by atoms with E-state index in [1.54, 1.807) is 6.92 Å². The van der Waals surface area contributed by atoms with Crippen LogP contribution in [0, 0.1) is 5.92 Å². The Hall–Kier alpha value is -1.26. The number of Topliss-reactive ketones (excluding diaryl/α,β-unsaturated/α-hetero) is 1. The maximum Gasteiger partial charge on any atom is 0.169 e. The molecule has 0 N–H and O–H groups in total. The molecule has 3 nitrogen and oxygen atoms in total. The molecule has 0 fully saturated rings. The lowest BCUT2D eigenvalue weighted by molar-refractivity contribution is -0.156. The Labute approximate surface area is 132 Å². The zero-order valence-electron chi connectivity index (χ0n) is 13.8. The van der Waals surface area contributed by atoms with Gasteiger partial charge in [-0.2, -0.15) is 0 Å². The second kappa shape index (κ2) is 9.70. The Bertz CT molecular complexity index is 435. The van der Waals surface area contributed by atoms with Crippen LogP contribution in [-0.2, 0) is 20.9 Å². The van der Waals surface area contributed by atoms with Crippen molar-refractivity contribution in [2.24, 2.45) is 5.92 Å². The Morgan fingerprint density at radius 3 is 2.59 bits per heavy atom. The van der Waals surface area contributed by atoms with Crippen molar-refractivity contribution in [1.29, 1.82) is 0 Å². The van der Waals surface area contributed by atoms with Gasteiger partial charge < -0.3 is 9.47 Å². The fourth-order valence-electron chi connectivity index (χ4n) is 2.47. The lowest BCUT2D eigenvalue weighted by Gasteiger charge is -2.30. The van der Waals surface area contributed by atoms with Crippen LogP contribution in [0.3, 0.4) is 0 Å². The predicted molar refractivity (Wildman–Crippen MR) is 85.5 cm³/mol. The number of ether oxygens (including phenoxy) is 2. The van der Waals surface area contributed by atoms with E-state index < -0.39 is 12.3 Å². The molecule has 1 aromatic carbocycles. The molecule has 1 aromatic rings. The third-order valence-electron chi connectivity index (χ3n) is 3.68. The lowest BCUT2D eigenvalue weighted by atomic mass is 9.89. The monoisotopic (exact) mass is 310 g/mol. The molecule has 0 spiro atoms. The fraction of sp³-hybridized carbons (Fsp3) is 0.611. The van der Waals surface area contributed by atoms with Crippen LogP contribution in [0.25, 0.3) is 0 Å². The summed E-state index contributed by atoms with van der Waals surface area (Å²) in [6, 6.07) is 9.73. The van der Waals surface area contributed by atoms with Crippen molar-refractivity contribution < 1.29 is 18.7 Å². The zero-order valence-corrected chi connectivity index (χ0v) is 13.8. The van der Waals surface area contributed by atoms with E-state index in [4.69, 9.17) is 9.47 Å². The van der Waals surface area contributed by atoms with Gasteiger partial charge in [0.05, 0.1) is 19.8 Å². The number of rotatable bonds is 11. The standard InChI is InChI=1S/C18H27FO3/c1-4-8-15(2)17(20)18(3,22-12-11-19)14-21-13-16-9-6-5-7-10-16/h5-7,9-10,15H,4,8,11-14H2,1-3H3. The minimum atomic E-state index is -1.09. The smallest absolute Gasteiger partial charge is 0.169 e. The van der Waals surface area contributed by atoms with Crippen LogP contribution in [0.5, 0.6) is 0 Å². The Kier molecular flexibility index (Phi) is 8.28. The first-order valence-electron chi connectivity index (χ1n) is 7.89. The molecule has 1 rings (SSSR count). The number of halogens is 1. The van der Waals surface area contributed by atoms with Crippen LogP contribution < -0.4 is 0 Å². The van der Waals surface area contributed by atoms with Crippen molar-refractivity contribution in [3.63, 3.8) is 0 Å². The van der Waals surface area contributed by atoms with Crippen LogP contribution in [-0.4, -0.2) is 31.3 Å². The van der Waals surface area contributed by atoms with Gasteiger partial charge in [-0.15, -0.1) is 0 Å². The first-order valence-corrected chi connectivity index (χ1v) is 7.89. The normalized spacial score (nSPS) is 15.3. The minimum Gasteiger partial charge on any atom is -0.373 e. The summed E-state index contributed by atoms with van der Waals surface area (Å²) in [5.41, 5.74) is -0.0560. The molecular weight excluding hydrogens is 283 g/mol. The molecule has 0 heterocycles. The average molecular weight is 310 g/mol. The van der Waals surface area contributed by atoms with E-state index in [2.05, 4.69) is 0 Å². The Morgan fingerprint density at radius 1 is 1.32 bits per heavy atom. The van der Waals surface area contributed by atoms with Gasteiger partial charge in [-0.1, -0.05) is 50.6 Å². The molecule has 22 heavy (non-hydrogen) atoms.